The molecule has 0 fully saturated rings. The SMILES string of the molecule is CNCCCCS(=O)(=O)NCCCCCCC(C)C. The van der Waals surface area contributed by atoms with Gasteiger partial charge in [0.05, 0.1) is 5.75 Å². The number of hydrogen-bond acceptors (Lipinski definition) is 3. The van der Waals surface area contributed by atoms with Gasteiger partial charge in [0.25, 0.3) is 0 Å². The van der Waals surface area contributed by atoms with Crippen molar-refractivity contribution >= 4 is 10.0 Å². The van der Waals surface area contributed by atoms with Crippen molar-refractivity contribution in [3.63, 3.8) is 0 Å². The minimum absolute atomic E-state index is 0.252. The second-order valence-electron chi connectivity index (χ2n) is 5.62. The second kappa shape index (κ2) is 11.7. The predicted molar refractivity (Wildman–Crippen MR) is 82.9 cm³/mol. The van der Waals surface area contributed by atoms with Gasteiger partial charge in [-0.2, -0.15) is 0 Å². The van der Waals surface area contributed by atoms with Crippen LogP contribution in [0.5, 0.6) is 0 Å². The van der Waals surface area contributed by atoms with E-state index >= 15 is 0 Å². The zero-order chi connectivity index (χ0) is 14.6. The Morgan fingerprint density at radius 3 is 2.16 bits per heavy atom. The van der Waals surface area contributed by atoms with Crippen molar-refractivity contribution in [3.05, 3.63) is 0 Å². The highest BCUT2D eigenvalue weighted by Crippen LogP contribution is 2.09. The fraction of sp³-hybridized carbons (Fsp3) is 1.00. The van der Waals surface area contributed by atoms with Crippen LogP contribution in [0.15, 0.2) is 0 Å². The molecule has 0 aromatic rings. The molecule has 0 unspecified atom stereocenters. The highest BCUT2D eigenvalue weighted by molar-refractivity contribution is 7.89. The van der Waals surface area contributed by atoms with Gasteiger partial charge in [-0.25, -0.2) is 13.1 Å². The summed E-state index contributed by atoms with van der Waals surface area (Å²) in [6.45, 7) is 5.95. The van der Waals surface area contributed by atoms with E-state index < -0.39 is 10.0 Å². The summed E-state index contributed by atoms with van der Waals surface area (Å²) in [5.41, 5.74) is 0. The molecule has 0 aliphatic rings. The fourth-order valence-electron chi connectivity index (χ4n) is 1.92. The topological polar surface area (TPSA) is 58.2 Å². The van der Waals surface area contributed by atoms with Crippen molar-refractivity contribution in [2.24, 2.45) is 5.92 Å². The predicted octanol–water partition coefficient (Wildman–Crippen LogP) is 2.51. The first-order valence-corrected chi connectivity index (χ1v) is 9.25. The molecule has 0 atom stereocenters. The van der Waals surface area contributed by atoms with Crippen LogP contribution in [0.1, 0.15) is 58.8 Å². The molecule has 0 radical (unpaired) electrons. The lowest BCUT2D eigenvalue weighted by Crippen LogP contribution is -2.27. The smallest absolute Gasteiger partial charge is 0.211 e. The summed E-state index contributed by atoms with van der Waals surface area (Å²) >= 11 is 0. The molecule has 0 saturated heterocycles. The maximum atomic E-state index is 11.6. The molecule has 0 spiro atoms. The third kappa shape index (κ3) is 14.1. The van der Waals surface area contributed by atoms with Gasteiger partial charge in [-0.15, -0.1) is 0 Å². The van der Waals surface area contributed by atoms with Crippen LogP contribution in [0.3, 0.4) is 0 Å². The normalized spacial score (nSPS) is 12.2. The van der Waals surface area contributed by atoms with Crippen molar-refractivity contribution in [1.82, 2.24) is 10.0 Å². The highest BCUT2D eigenvalue weighted by atomic mass is 32.2. The van der Waals surface area contributed by atoms with Crippen molar-refractivity contribution in [3.8, 4) is 0 Å². The Hall–Kier alpha value is -0.130. The minimum atomic E-state index is -3.05. The van der Waals surface area contributed by atoms with Gasteiger partial charge in [0, 0.05) is 6.54 Å². The number of sulfonamides is 1. The number of unbranched alkanes of at least 4 members (excludes halogenated alkanes) is 4. The average molecular weight is 292 g/mol. The van der Waals surface area contributed by atoms with Crippen molar-refractivity contribution in [1.29, 1.82) is 0 Å². The maximum Gasteiger partial charge on any atom is 0.211 e. The third-order valence-electron chi connectivity index (χ3n) is 3.12. The third-order valence-corrected chi connectivity index (χ3v) is 4.59. The van der Waals surface area contributed by atoms with Crippen LogP contribution < -0.4 is 10.0 Å². The summed E-state index contributed by atoms with van der Waals surface area (Å²) in [7, 11) is -1.17. The molecule has 0 amide bonds. The molecule has 2 N–H and O–H groups in total. The van der Waals surface area contributed by atoms with E-state index in [4.69, 9.17) is 0 Å². The van der Waals surface area contributed by atoms with Gasteiger partial charge in [0.1, 0.15) is 0 Å². The lowest BCUT2D eigenvalue weighted by molar-refractivity contribution is 0.517. The van der Waals surface area contributed by atoms with Crippen LogP contribution in [0, 0.1) is 5.92 Å². The van der Waals surface area contributed by atoms with Crippen molar-refractivity contribution in [2.75, 3.05) is 25.9 Å². The van der Waals surface area contributed by atoms with Gasteiger partial charge < -0.3 is 5.32 Å². The molecule has 0 heterocycles. The Bertz CT molecular complexity index is 290. The molecule has 4 nitrogen and oxygen atoms in total. The monoisotopic (exact) mass is 292 g/mol. The second-order valence-corrected chi connectivity index (χ2v) is 7.55. The first kappa shape index (κ1) is 18.9. The first-order chi connectivity index (χ1) is 8.98. The molecule has 19 heavy (non-hydrogen) atoms. The summed E-state index contributed by atoms with van der Waals surface area (Å²) in [5.74, 6) is 1.03. The van der Waals surface area contributed by atoms with E-state index in [2.05, 4.69) is 23.9 Å². The van der Waals surface area contributed by atoms with Gasteiger partial charge in [-0.05, 0) is 38.8 Å². The minimum Gasteiger partial charge on any atom is -0.320 e. The van der Waals surface area contributed by atoms with E-state index in [-0.39, 0.29) is 5.75 Å². The van der Waals surface area contributed by atoms with Gasteiger partial charge in [0.2, 0.25) is 10.0 Å². The lowest BCUT2D eigenvalue weighted by atomic mass is 10.0. The van der Waals surface area contributed by atoms with Gasteiger partial charge >= 0.3 is 0 Å². The zero-order valence-electron chi connectivity index (χ0n) is 12.9. The Morgan fingerprint density at radius 1 is 0.895 bits per heavy atom. The Labute approximate surface area is 119 Å². The zero-order valence-corrected chi connectivity index (χ0v) is 13.7. The molecule has 0 aromatic carbocycles. The summed E-state index contributed by atoms with van der Waals surface area (Å²) in [6.07, 6.45) is 7.45. The van der Waals surface area contributed by atoms with Crippen molar-refractivity contribution < 1.29 is 8.42 Å². The molecule has 0 aliphatic carbocycles. The number of rotatable bonds is 13. The van der Waals surface area contributed by atoms with E-state index in [1.165, 1.54) is 19.3 Å². The van der Waals surface area contributed by atoms with Gasteiger partial charge in [-0.1, -0.05) is 39.5 Å². The number of hydrogen-bond donors (Lipinski definition) is 2. The molecule has 5 heteroatoms. The van der Waals surface area contributed by atoms with E-state index in [1.54, 1.807) is 0 Å². The molecule has 0 aliphatic heterocycles. The highest BCUT2D eigenvalue weighted by Gasteiger charge is 2.08. The Balaban J connectivity index is 3.43. The standard InChI is InChI=1S/C14H32N2O2S/c1-14(2)10-6-4-5-7-12-16-19(17,18)13-9-8-11-15-3/h14-16H,4-13H2,1-3H3. The quantitative estimate of drug-likeness (QED) is 0.513. The van der Waals surface area contributed by atoms with Gasteiger partial charge in [0.15, 0.2) is 0 Å². The van der Waals surface area contributed by atoms with Crippen molar-refractivity contribution in [2.45, 2.75) is 58.8 Å². The van der Waals surface area contributed by atoms with Crippen LogP contribution in [-0.2, 0) is 10.0 Å². The summed E-state index contributed by atoms with van der Waals surface area (Å²) in [5, 5.41) is 3.02. The molecule has 0 aromatic heterocycles. The van der Waals surface area contributed by atoms with E-state index in [0.29, 0.717) is 6.54 Å². The van der Waals surface area contributed by atoms with Crippen LogP contribution >= 0.6 is 0 Å². The van der Waals surface area contributed by atoms with Crippen LogP contribution in [0.25, 0.3) is 0 Å². The van der Waals surface area contributed by atoms with Crippen LogP contribution in [0.2, 0.25) is 0 Å². The van der Waals surface area contributed by atoms with E-state index in [1.807, 2.05) is 7.05 Å². The lowest BCUT2D eigenvalue weighted by Gasteiger charge is -2.07. The Morgan fingerprint density at radius 2 is 1.53 bits per heavy atom. The molecular formula is C14H32N2O2S. The maximum absolute atomic E-state index is 11.6. The van der Waals surface area contributed by atoms with Crippen LogP contribution in [0.4, 0.5) is 0 Å². The molecule has 0 bridgehead atoms. The molecule has 0 saturated carbocycles. The van der Waals surface area contributed by atoms with Gasteiger partial charge in [-0.3, -0.25) is 0 Å². The molecule has 116 valence electrons. The van der Waals surface area contributed by atoms with E-state index in [0.717, 1.165) is 38.1 Å². The fourth-order valence-corrected chi connectivity index (χ4v) is 3.11. The number of nitrogens with one attached hydrogen (secondary N) is 2. The summed E-state index contributed by atoms with van der Waals surface area (Å²) in [6, 6.07) is 0. The average Bonchev–Trinajstić information content (AvgIpc) is 2.33. The van der Waals surface area contributed by atoms with Crippen LogP contribution in [-0.4, -0.2) is 34.3 Å². The Kier molecular flexibility index (Phi) is 11.6. The molecular weight excluding hydrogens is 260 g/mol. The van der Waals surface area contributed by atoms with E-state index in [9.17, 15) is 8.42 Å². The summed E-state index contributed by atoms with van der Waals surface area (Å²) < 4.78 is 26.0. The first-order valence-electron chi connectivity index (χ1n) is 7.60. The largest absolute Gasteiger partial charge is 0.320 e. The molecule has 0 rings (SSSR count). The summed E-state index contributed by atoms with van der Waals surface area (Å²) in [4.78, 5) is 0.